The predicted octanol–water partition coefficient (Wildman–Crippen LogP) is 6.24. The SMILES string of the molecule is O=S(=O)(Nc1ccc(Cl)cc1Oc1ccccc1)c1ccc(Cl)c(Cl)c1. The molecular formula is C18H12Cl3NO3S. The summed E-state index contributed by atoms with van der Waals surface area (Å²) in [6, 6.07) is 17.6. The molecule has 3 aromatic rings. The van der Waals surface area contributed by atoms with Gasteiger partial charge in [0.05, 0.1) is 20.6 Å². The van der Waals surface area contributed by atoms with Crippen LogP contribution in [0.15, 0.2) is 71.6 Å². The van der Waals surface area contributed by atoms with Gasteiger partial charge >= 0.3 is 0 Å². The molecule has 3 aromatic carbocycles. The maximum absolute atomic E-state index is 12.7. The summed E-state index contributed by atoms with van der Waals surface area (Å²) in [5.74, 6) is 0.817. The fourth-order valence-corrected chi connectivity index (χ4v) is 3.75. The maximum atomic E-state index is 12.7. The molecule has 0 aliphatic heterocycles. The second-order valence-electron chi connectivity index (χ2n) is 5.24. The number of nitrogens with one attached hydrogen (secondary N) is 1. The van der Waals surface area contributed by atoms with Crippen molar-refractivity contribution in [2.24, 2.45) is 0 Å². The van der Waals surface area contributed by atoms with E-state index in [4.69, 9.17) is 39.5 Å². The van der Waals surface area contributed by atoms with E-state index in [9.17, 15) is 8.42 Å². The van der Waals surface area contributed by atoms with E-state index in [1.165, 1.54) is 30.3 Å². The Hall–Kier alpha value is -1.92. The second-order valence-corrected chi connectivity index (χ2v) is 8.17. The highest BCUT2D eigenvalue weighted by Crippen LogP contribution is 2.34. The van der Waals surface area contributed by atoms with Gasteiger partial charge in [-0.25, -0.2) is 8.42 Å². The molecule has 4 nitrogen and oxygen atoms in total. The van der Waals surface area contributed by atoms with Crippen LogP contribution in [0.25, 0.3) is 0 Å². The second kappa shape index (κ2) is 7.76. The average Bonchev–Trinajstić information content (AvgIpc) is 2.60. The van der Waals surface area contributed by atoms with Crippen molar-refractivity contribution in [3.8, 4) is 11.5 Å². The highest BCUT2D eigenvalue weighted by atomic mass is 35.5. The Balaban J connectivity index is 1.95. The lowest BCUT2D eigenvalue weighted by Crippen LogP contribution is -2.13. The predicted molar refractivity (Wildman–Crippen MR) is 105 cm³/mol. The highest BCUT2D eigenvalue weighted by Gasteiger charge is 2.18. The Morgan fingerprint density at radius 1 is 0.808 bits per heavy atom. The van der Waals surface area contributed by atoms with E-state index in [0.29, 0.717) is 10.8 Å². The first kappa shape index (κ1) is 18.9. The fourth-order valence-electron chi connectivity index (χ4n) is 2.13. The number of sulfonamides is 1. The molecule has 0 saturated carbocycles. The van der Waals surface area contributed by atoms with Gasteiger partial charge < -0.3 is 4.74 Å². The Kier molecular flexibility index (Phi) is 5.63. The fraction of sp³-hybridized carbons (Fsp3) is 0. The van der Waals surface area contributed by atoms with E-state index in [1.807, 2.05) is 6.07 Å². The largest absolute Gasteiger partial charge is 0.455 e. The van der Waals surface area contributed by atoms with Crippen LogP contribution in [0, 0.1) is 0 Å². The van der Waals surface area contributed by atoms with Gasteiger partial charge in [0.25, 0.3) is 10.0 Å². The molecule has 26 heavy (non-hydrogen) atoms. The van der Waals surface area contributed by atoms with Crippen LogP contribution in [0.1, 0.15) is 0 Å². The molecule has 3 rings (SSSR count). The first-order valence-corrected chi connectivity index (χ1v) is 9.97. The topological polar surface area (TPSA) is 55.4 Å². The van der Waals surface area contributed by atoms with Gasteiger partial charge in [0.2, 0.25) is 0 Å². The first-order chi connectivity index (χ1) is 12.3. The summed E-state index contributed by atoms with van der Waals surface area (Å²) >= 11 is 17.8. The lowest BCUT2D eigenvalue weighted by atomic mass is 10.3. The third-order valence-electron chi connectivity index (χ3n) is 3.36. The van der Waals surface area contributed by atoms with Gasteiger partial charge in [-0.15, -0.1) is 0 Å². The zero-order valence-electron chi connectivity index (χ0n) is 13.1. The molecule has 134 valence electrons. The van der Waals surface area contributed by atoms with Crippen LogP contribution < -0.4 is 9.46 Å². The van der Waals surface area contributed by atoms with Crippen LogP contribution in [-0.4, -0.2) is 8.42 Å². The van der Waals surface area contributed by atoms with Gasteiger partial charge in [-0.05, 0) is 42.5 Å². The van der Waals surface area contributed by atoms with Gasteiger partial charge in [0, 0.05) is 11.1 Å². The summed E-state index contributed by atoms with van der Waals surface area (Å²) in [6.07, 6.45) is 0. The molecule has 0 atom stereocenters. The van der Waals surface area contributed by atoms with Gasteiger partial charge in [0.15, 0.2) is 5.75 Å². The molecule has 0 saturated heterocycles. The Morgan fingerprint density at radius 2 is 1.54 bits per heavy atom. The number of anilines is 1. The molecule has 8 heteroatoms. The molecular weight excluding hydrogens is 417 g/mol. The van der Waals surface area contributed by atoms with Crippen molar-refractivity contribution in [3.05, 3.63) is 81.8 Å². The van der Waals surface area contributed by atoms with Crippen LogP contribution in [0.4, 0.5) is 5.69 Å². The number of hydrogen-bond donors (Lipinski definition) is 1. The van der Waals surface area contributed by atoms with Crippen molar-refractivity contribution < 1.29 is 13.2 Å². The van der Waals surface area contributed by atoms with Crippen LogP contribution >= 0.6 is 34.8 Å². The number of ether oxygens (including phenoxy) is 1. The van der Waals surface area contributed by atoms with E-state index in [2.05, 4.69) is 4.72 Å². The molecule has 0 bridgehead atoms. The average molecular weight is 429 g/mol. The van der Waals surface area contributed by atoms with E-state index in [-0.39, 0.29) is 26.4 Å². The lowest BCUT2D eigenvalue weighted by molar-refractivity contribution is 0.485. The zero-order valence-corrected chi connectivity index (χ0v) is 16.2. The molecule has 0 radical (unpaired) electrons. The van der Waals surface area contributed by atoms with Crippen molar-refractivity contribution in [1.29, 1.82) is 0 Å². The van der Waals surface area contributed by atoms with Crippen LogP contribution in [0.3, 0.4) is 0 Å². The summed E-state index contributed by atoms with van der Waals surface area (Å²) in [4.78, 5) is -0.0208. The van der Waals surface area contributed by atoms with Crippen molar-refractivity contribution in [1.82, 2.24) is 0 Å². The normalized spacial score (nSPS) is 11.2. The summed E-state index contributed by atoms with van der Waals surface area (Å²) < 4.78 is 33.5. The van der Waals surface area contributed by atoms with Crippen LogP contribution in [0.2, 0.25) is 15.1 Å². The van der Waals surface area contributed by atoms with E-state index in [1.54, 1.807) is 30.3 Å². The summed E-state index contributed by atoms with van der Waals surface area (Å²) in [5.41, 5.74) is 0.240. The van der Waals surface area contributed by atoms with Crippen molar-refractivity contribution >= 4 is 50.5 Å². The minimum atomic E-state index is -3.90. The summed E-state index contributed by atoms with van der Waals surface area (Å²) in [5, 5.41) is 0.824. The summed E-state index contributed by atoms with van der Waals surface area (Å²) in [6.45, 7) is 0. The van der Waals surface area contributed by atoms with E-state index >= 15 is 0 Å². The Morgan fingerprint density at radius 3 is 2.23 bits per heavy atom. The van der Waals surface area contributed by atoms with Gasteiger partial charge in [-0.3, -0.25) is 4.72 Å². The minimum Gasteiger partial charge on any atom is -0.455 e. The number of benzene rings is 3. The van der Waals surface area contributed by atoms with Crippen molar-refractivity contribution in [3.63, 3.8) is 0 Å². The highest BCUT2D eigenvalue weighted by molar-refractivity contribution is 7.92. The number of hydrogen-bond acceptors (Lipinski definition) is 3. The van der Waals surface area contributed by atoms with E-state index < -0.39 is 10.0 Å². The number of para-hydroxylation sites is 1. The van der Waals surface area contributed by atoms with Gasteiger partial charge in [-0.1, -0.05) is 53.0 Å². The molecule has 0 aromatic heterocycles. The van der Waals surface area contributed by atoms with Crippen molar-refractivity contribution in [2.45, 2.75) is 4.90 Å². The van der Waals surface area contributed by atoms with Gasteiger partial charge in [-0.2, -0.15) is 0 Å². The molecule has 0 unspecified atom stereocenters. The molecule has 0 amide bonds. The minimum absolute atomic E-state index is 0.0208. The van der Waals surface area contributed by atoms with Gasteiger partial charge in [0.1, 0.15) is 5.75 Å². The lowest BCUT2D eigenvalue weighted by Gasteiger charge is -2.14. The Bertz CT molecular complexity index is 1040. The number of rotatable bonds is 5. The van der Waals surface area contributed by atoms with Crippen LogP contribution in [-0.2, 0) is 10.0 Å². The molecule has 0 fully saturated rings. The third-order valence-corrected chi connectivity index (χ3v) is 5.70. The molecule has 0 aliphatic carbocycles. The zero-order chi connectivity index (χ0) is 18.7. The van der Waals surface area contributed by atoms with Crippen molar-refractivity contribution in [2.75, 3.05) is 4.72 Å². The van der Waals surface area contributed by atoms with Crippen LogP contribution in [0.5, 0.6) is 11.5 Å². The quantitative estimate of drug-likeness (QED) is 0.523. The molecule has 1 N–H and O–H groups in total. The maximum Gasteiger partial charge on any atom is 0.262 e. The van der Waals surface area contributed by atoms with E-state index in [0.717, 1.165) is 0 Å². The number of halogens is 3. The smallest absolute Gasteiger partial charge is 0.262 e. The molecule has 0 aliphatic rings. The monoisotopic (exact) mass is 427 g/mol. The summed E-state index contributed by atoms with van der Waals surface area (Å²) in [7, 11) is -3.90. The third kappa shape index (κ3) is 4.43. The molecule has 0 heterocycles. The first-order valence-electron chi connectivity index (χ1n) is 7.35. The molecule has 0 spiro atoms. The standard InChI is InChI=1S/C18H12Cl3NO3S/c19-12-6-9-17(18(10-12)25-13-4-2-1-3-5-13)22-26(23,24)14-7-8-15(20)16(21)11-14/h1-11,22H. The Labute approximate surface area is 166 Å².